The van der Waals surface area contributed by atoms with Crippen molar-refractivity contribution in [3.05, 3.63) is 23.3 Å². The molecule has 0 saturated heterocycles. The van der Waals surface area contributed by atoms with E-state index in [0.717, 1.165) is 22.6 Å². The molecule has 0 unspecified atom stereocenters. The Hall–Kier alpha value is -1.26. The van der Waals surface area contributed by atoms with Crippen LogP contribution in [0.5, 0.6) is 11.5 Å². The van der Waals surface area contributed by atoms with Gasteiger partial charge in [-0.15, -0.1) is 0 Å². The Morgan fingerprint density at radius 2 is 1.69 bits per heavy atom. The molecule has 1 aromatic carbocycles. The molecule has 1 atom stereocenters. The van der Waals surface area contributed by atoms with Crippen molar-refractivity contribution in [2.24, 2.45) is 11.5 Å². The summed E-state index contributed by atoms with van der Waals surface area (Å²) in [7, 11) is 3.26. The topological polar surface area (TPSA) is 70.5 Å². The van der Waals surface area contributed by atoms with Gasteiger partial charge in [0.05, 0.1) is 19.8 Å². The first kappa shape index (κ1) is 12.8. The highest BCUT2D eigenvalue weighted by Crippen LogP contribution is 2.35. The zero-order valence-electron chi connectivity index (χ0n) is 10.1. The van der Waals surface area contributed by atoms with Crippen LogP contribution in [0.4, 0.5) is 0 Å². The molecule has 0 aromatic heterocycles. The van der Waals surface area contributed by atoms with Crippen molar-refractivity contribution in [3.8, 4) is 11.5 Å². The van der Waals surface area contributed by atoms with Gasteiger partial charge in [0.1, 0.15) is 11.5 Å². The van der Waals surface area contributed by atoms with Gasteiger partial charge in [-0.25, -0.2) is 0 Å². The summed E-state index contributed by atoms with van der Waals surface area (Å²) in [5, 5.41) is 0. The molecule has 0 aliphatic rings. The minimum absolute atomic E-state index is 0.157. The lowest BCUT2D eigenvalue weighted by Crippen LogP contribution is -2.17. The number of rotatable bonds is 5. The van der Waals surface area contributed by atoms with E-state index in [9.17, 15) is 0 Å². The molecule has 4 N–H and O–H groups in total. The van der Waals surface area contributed by atoms with Crippen molar-refractivity contribution < 1.29 is 9.47 Å². The second-order valence-electron chi connectivity index (χ2n) is 3.77. The first-order valence-electron chi connectivity index (χ1n) is 5.32. The molecule has 1 rings (SSSR count). The third-order valence-electron chi connectivity index (χ3n) is 2.54. The SMILES string of the molecule is COc1cc(C)cc(OC)c1[C@@H](N)CCN. The number of methoxy groups -OCH3 is 2. The fraction of sp³-hybridized carbons (Fsp3) is 0.500. The summed E-state index contributed by atoms with van der Waals surface area (Å²) in [4.78, 5) is 0. The average Bonchev–Trinajstić information content (AvgIpc) is 2.27. The molecule has 90 valence electrons. The zero-order valence-corrected chi connectivity index (χ0v) is 10.1. The van der Waals surface area contributed by atoms with E-state index < -0.39 is 0 Å². The molecule has 0 radical (unpaired) electrons. The standard InChI is InChI=1S/C12H20N2O2/c1-8-6-10(15-2)12(9(14)4-5-13)11(7-8)16-3/h6-7,9H,4-5,13-14H2,1-3H3/t9-/m0/s1. The highest BCUT2D eigenvalue weighted by Gasteiger charge is 2.17. The van der Waals surface area contributed by atoms with Crippen LogP contribution in [-0.2, 0) is 0 Å². The van der Waals surface area contributed by atoms with Gasteiger partial charge in [-0.2, -0.15) is 0 Å². The van der Waals surface area contributed by atoms with Crippen molar-refractivity contribution in [1.29, 1.82) is 0 Å². The van der Waals surface area contributed by atoms with Gasteiger partial charge in [0, 0.05) is 6.04 Å². The number of ether oxygens (including phenoxy) is 2. The van der Waals surface area contributed by atoms with Crippen LogP contribution in [0.25, 0.3) is 0 Å². The molecule has 0 bridgehead atoms. The molecule has 0 heterocycles. The van der Waals surface area contributed by atoms with Crippen LogP contribution in [0.15, 0.2) is 12.1 Å². The maximum absolute atomic E-state index is 6.07. The molecule has 0 saturated carbocycles. The summed E-state index contributed by atoms with van der Waals surface area (Å²) in [5.41, 5.74) is 13.6. The molecule has 0 aliphatic carbocycles. The summed E-state index contributed by atoms with van der Waals surface area (Å²) >= 11 is 0. The predicted molar refractivity (Wildman–Crippen MR) is 64.9 cm³/mol. The van der Waals surface area contributed by atoms with E-state index in [2.05, 4.69) is 0 Å². The van der Waals surface area contributed by atoms with Crippen molar-refractivity contribution in [2.45, 2.75) is 19.4 Å². The average molecular weight is 224 g/mol. The van der Waals surface area contributed by atoms with Gasteiger partial charge in [-0.1, -0.05) is 0 Å². The van der Waals surface area contributed by atoms with Gasteiger partial charge < -0.3 is 20.9 Å². The zero-order chi connectivity index (χ0) is 12.1. The number of hydrogen-bond acceptors (Lipinski definition) is 4. The third kappa shape index (κ3) is 2.65. The molecule has 0 fully saturated rings. The molecule has 1 aromatic rings. The highest BCUT2D eigenvalue weighted by atomic mass is 16.5. The van der Waals surface area contributed by atoms with E-state index in [1.807, 2.05) is 19.1 Å². The minimum atomic E-state index is -0.157. The second-order valence-corrected chi connectivity index (χ2v) is 3.77. The fourth-order valence-electron chi connectivity index (χ4n) is 1.76. The predicted octanol–water partition coefficient (Wildman–Crippen LogP) is 1.36. The minimum Gasteiger partial charge on any atom is -0.496 e. The Kier molecular flexibility index (Phi) is 4.58. The molecule has 4 nitrogen and oxygen atoms in total. The lowest BCUT2D eigenvalue weighted by Gasteiger charge is -2.19. The van der Waals surface area contributed by atoms with Crippen molar-refractivity contribution in [2.75, 3.05) is 20.8 Å². The normalized spacial score (nSPS) is 12.3. The Balaban J connectivity index is 3.21. The Morgan fingerprint density at radius 1 is 1.19 bits per heavy atom. The molecule has 0 amide bonds. The lowest BCUT2D eigenvalue weighted by atomic mass is 10.0. The summed E-state index contributed by atoms with van der Waals surface area (Å²) in [6.07, 6.45) is 0.704. The third-order valence-corrected chi connectivity index (χ3v) is 2.54. The summed E-state index contributed by atoms with van der Waals surface area (Å²) in [5.74, 6) is 1.52. The lowest BCUT2D eigenvalue weighted by molar-refractivity contribution is 0.377. The van der Waals surface area contributed by atoms with Crippen LogP contribution in [-0.4, -0.2) is 20.8 Å². The number of hydrogen-bond donors (Lipinski definition) is 2. The van der Waals surface area contributed by atoms with Crippen LogP contribution in [0, 0.1) is 6.92 Å². The molecular weight excluding hydrogens is 204 g/mol. The van der Waals surface area contributed by atoms with E-state index in [1.165, 1.54) is 0 Å². The molecule has 0 aliphatic heterocycles. The smallest absolute Gasteiger partial charge is 0.127 e. The van der Waals surface area contributed by atoms with Gasteiger partial charge in [-0.05, 0) is 37.6 Å². The van der Waals surface area contributed by atoms with Gasteiger partial charge in [-0.3, -0.25) is 0 Å². The molecular formula is C12H20N2O2. The maximum atomic E-state index is 6.07. The monoisotopic (exact) mass is 224 g/mol. The molecule has 0 spiro atoms. The summed E-state index contributed by atoms with van der Waals surface area (Å²) in [6.45, 7) is 2.53. The van der Waals surface area contributed by atoms with E-state index in [-0.39, 0.29) is 6.04 Å². The van der Waals surface area contributed by atoms with E-state index in [1.54, 1.807) is 14.2 Å². The Morgan fingerprint density at radius 3 is 2.06 bits per heavy atom. The fourth-order valence-corrected chi connectivity index (χ4v) is 1.76. The maximum Gasteiger partial charge on any atom is 0.127 e. The van der Waals surface area contributed by atoms with Crippen molar-refractivity contribution >= 4 is 0 Å². The number of nitrogens with two attached hydrogens (primary N) is 2. The van der Waals surface area contributed by atoms with E-state index in [0.29, 0.717) is 13.0 Å². The number of aryl methyl sites for hydroxylation is 1. The molecule has 4 heteroatoms. The van der Waals surface area contributed by atoms with Gasteiger partial charge in [0.15, 0.2) is 0 Å². The van der Waals surface area contributed by atoms with Gasteiger partial charge in [0.2, 0.25) is 0 Å². The first-order chi connectivity index (χ1) is 7.63. The van der Waals surface area contributed by atoms with Gasteiger partial charge >= 0.3 is 0 Å². The highest BCUT2D eigenvalue weighted by molar-refractivity contribution is 5.49. The van der Waals surface area contributed by atoms with E-state index in [4.69, 9.17) is 20.9 Å². The second kappa shape index (κ2) is 5.72. The number of benzene rings is 1. The van der Waals surface area contributed by atoms with Crippen molar-refractivity contribution in [1.82, 2.24) is 0 Å². The van der Waals surface area contributed by atoms with Crippen LogP contribution >= 0.6 is 0 Å². The Labute approximate surface area is 96.5 Å². The van der Waals surface area contributed by atoms with E-state index >= 15 is 0 Å². The van der Waals surface area contributed by atoms with Crippen LogP contribution < -0.4 is 20.9 Å². The molecule has 16 heavy (non-hydrogen) atoms. The quantitative estimate of drug-likeness (QED) is 0.792. The van der Waals surface area contributed by atoms with Gasteiger partial charge in [0.25, 0.3) is 0 Å². The largest absolute Gasteiger partial charge is 0.496 e. The van der Waals surface area contributed by atoms with Crippen LogP contribution in [0.2, 0.25) is 0 Å². The van der Waals surface area contributed by atoms with Crippen LogP contribution in [0.1, 0.15) is 23.6 Å². The Bertz CT molecular complexity index is 328. The van der Waals surface area contributed by atoms with Crippen LogP contribution in [0.3, 0.4) is 0 Å². The van der Waals surface area contributed by atoms with Crippen molar-refractivity contribution in [3.63, 3.8) is 0 Å². The summed E-state index contributed by atoms with van der Waals surface area (Å²) in [6, 6.07) is 3.75. The first-order valence-corrected chi connectivity index (χ1v) is 5.32. The summed E-state index contributed by atoms with van der Waals surface area (Å²) < 4.78 is 10.7.